The first-order valence-corrected chi connectivity index (χ1v) is 5.69. The van der Waals surface area contributed by atoms with E-state index in [-0.39, 0.29) is 12.1 Å². The van der Waals surface area contributed by atoms with E-state index in [4.69, 9.17) is 15.2 Å². The molecule has 0 aromatic heterocycles. The van der Waals surface area contributed by atoms with Crippen molar-refractivity contribution in [3.63, 3.8) is 0 Å². The zero-order valence-corrected chi connectivity index (χ0v) is 10.5. The molecule has 17 heavy (non-hydrogen) atoms. The minimum Gasteiger partial charge on any atom is -0.457 e. The Bertz CT molecular complexity index is 390. The third kappa shape index (κ3) is 4.07. The highest BCUT2D eigenvalue weighted by molar-refractivity contribution is 5.92. The third-order valence-electron chi connectivity index (χ3n) is 2.35. The zero-order valence-electron chi connectivity index (χ0n) is 10.5. The first kappa shape index (κ1) is 13.5. The van der Waals surface area contributed by atoms with Gasteiger partial charge in [0.1, 0.15) is 6.10 Å². The van der Waals surface area contributed by atoms with E-state index in [0.717, 1.165) is 5.56 Å². The van der Waals surface area contributed by atoms with Gasteiger partial charge in [0, 0.05) is 12.3 Å². The maximum atomic E-state index is 11.9. The van der Waals surface area contributed by atoms with Gasteiger partial charge in [0.2, 0.25) is 0 Å². The molecule has 1 atom stereocenters. The van der Waals surface area contributed by atoms with Gasteiger partial charge < -0.3 is 15.2 Å². The van der Waals surface area contributed by atoms with Gasteiger partial charge in [0.05, 0.1) is 12.2 Å². The summed E-state index contributed by atoms with van der Waals surface area (Å²) in [6.45, 7) is 6.57. The van der Waals surface area contributed by atoms with Crippen molar-refractivity contribution in [2.24, 2.45) is 0 Å². The maximum Gasteiger partial charge on any atom is 0.338 e. The van der Waals surface area contributed by atoms with E-state index in [9.17, 15) is 4.79 Å². The molecular weight excluding hydrogens is 218 g/mol. The van der Waals surface area contributed by atoms with E-state index in [1.54, 1.807) is 25.1 Å². The number of benzene rings is 1. The summed E-state index contributed by atoms with van der Waals surface area (Å²) in [5.41, 5.74) is 7.56. The topological polar surface area (TPSA) is 61.5 Å². The molecule has 1 aromatic rings. The van der Waals surface area contributed by atoms with Crippen molar-refractivity contribution in [1.82, 2.24) is 0 Å². The highest BCUT2D eigenvalue weighted by atomic mass is 16.6. The van der Waals surface area contributed by atoms with Gasteiger partial charge in [-0.15, -0.1) is 0 Å². The molecule has 0 spiro atoms. The lowest BCUT2D eigenvalue weighted by Crippen LogP contribution is -2.21. The standard InChI is InChI=1S/C13H19NO3/c1-4-16-8-10(3)17-13(15)12-7-11(14)6-5-9(12)2/h5-7,10H,4,8,14H2,1-3H3. The predicted molar refractivity (Wildman–Crippen MR) is 67.0 cm³/mol. The van der Waals surface area contributed by atoms with Crippen molar-refractivity contribution < 1.29 is 14.3 Å². The third-order valence-corrected chi connectivity index (χ3v) is 2.35. The lowest BCUT2D eigenvalue weighted by Gasteiger charge is -2.14. The molecule has 0 bridgehead atoms. The number of hydrogen-bond donors (Lipinski definition) is 1. The number of aryl methyl sites for hydroxylation is 1. The normalized spacial score (nSPS) is 12.2. The Balaban J connectivity index is 2.66. The fourth-order valence-electron chi connectivity index (χ4n) is 1.42. The van der Waals surface area contributed by atoms with E-state index in [1.165, 1.54) is 0 Å². The van der Waals surface area contributed by atoms with Gasteiger partial charge in [-0.25, -0.2) is 4.79 Å². The van der Waals surface area contributed by atoms with Crippen molar-refractivity contribution in [2.45, 2.75) is 26.9 Å². The van der Waals surface area contributed by atoms with Crippen LogP contribution in [0.15, 0.2) is 18.2 Å². The molecule has 1 rings (SSSR count). The monoisotopic (exact) mass is 237 g/mol. The lowest BCUT2D eigenvalue weighted by atomic mass is 10.1. The van der Waals surface area contributed by atoms with E-state index in [0.29, 0.717) is 24.5 Å². The number of rotatable bonds is 5. The molecular formula is C13H19NO3. The Hall–Kier alpha value is -1.55. The number of carbonyl (C=O) groups excluding carboxylic acids is 1. The molecule has 0 saturated heterocycles. The molecule has 4 nitrogen and oxygen atoms in total. The van der Waals surface area contributed by atoms with E-state index in [2.05, 4.69) is 0 Å². The number of esters is 1. The van der Waals surface area contributed by atoms with Crippen molar-refractivity contribution in [3.05, 3.63) is 29.3 Å². The molecule has 0 aliphatic rings. The van der Waals surface area contributed by atoms with Crippen LogP contribution in [0, 0.1) is 6.92 Å². The minimum absolute atomic E-state index is 0.261. The minimum atomic E-state index is -0.359. The van der Waals surface area contributed by atoms with Crippen LogP contribution in [0.5, 0.6) is 0 Å². The molecule has 0 saturated carbocycles. The molecule has 0 heterocycles. The van der Waals surface area contributed by atoms with Gasteiger partial charge in [-0.1, -0.05) is 6.07 Å². The molecule has 4 heteroatoms. The second-order valence-electron chi connectivity index (χ2n) is 3.95. The average molecular weight is 237 g/mol. The van der Waals surface area contributed by atoms with Crippen LogP contribution in [0.3, 0.4) is 0 Å². The molecule has 1 aromatic carbocycles. The van der Waals surface area contributed by atoms with Crippen LogP contribution < -0.4 is 5.73 Å². The van der Waals surface area contributed by atoms with Gasteiger partial charge in [0.25, 0.3) is 0 Å². The Labute approximate surface area is 102 Å². The van der Waals surface area contributed by atoms with Crippen molar-refractivity contribution >= 4 is 11.7 Å². The van der Waals surface area contributed by atoms with Gasteiger partial charge in [-0.05, 0) is 38.5 Å². The largest absolute Gasteiger partial charge is 0.457 e. The Morgan fingerprint density at radius 1 is 1.47 bits per heavy atom. The number of hydrogen-bond acceptors (Lipinski definition) is 4. The van der Waals surface area contributed by atoms with Crippen molar-refractivity contribution in [1.29, 1.82) is 0 Å². The average Bonchev–Trinajstić information content (AvgIpc) is 2.29. The summed E-state index contributed by atoms with van der Waals surface area (Å²) in [6.07, 6.45) is -0.261. The van der Waals surface area contributed by atoms with Crippen molar-refractivity contribution in [3.8, 4) is 0 Å². The lowest BCUT2D eigenvalue weighted by molar-refractivity contribution is 0.00434. The summed E-state index contributed by atoms with van der Waals surface area (Å²) in [6, 6.07) is 5.19. The SMILES string of the molecule is CCOCC(C)OC(=O)c1cc(N)ccc1C. The second kappa shape index (κ2) is 6.25. The highest BCUT2D eigenvalue weighted by Gasteiger charge is 2.14. The number of nitrogen functional groups attached to an aromatic ring is 1. The summed E-state index contributed by atoms with van der Waals surface area (Å²) in [5.74, 6) is -0.359. The predicted octanol–water partition coefficient (Wildman–Crippen LogP) is 2.16. The number of nitrogens with two attached hydrogens (primary N) is 1. The van der Waals surface area contributed by atoms with Crippen LogP contribution in [-0.2, 0) is 9.47 Å². The Kier molecular flexibility index (Phi) is 4.97. The molecule has 0 radical (unpaired) electrons. The van der Waals surface area contributed by atoms with E-state index < -0.39 is 0 Å². The molecule has 1 unspecified atom stereocenters. The number of anilines is 1. The quantitative estimate of drug-likeness (QED) is 0.629. The van der Waals surface area contributed by atoms with Gasteiger partial charge in [-0.3, -0.25) is 0 Å². The van der Waals surface area contributed by atoms with Crippen LogP contribution >= 0.6 is 0 Å². The zero-order chi connectivity index (χ0) is 12.8. The van der Waals surface area contributed by atoms with Crippen LogP contribution in [0.1, 0.15) is 29.8 Å². The molecule has 0 aliphatic heterocycles. The van der Waals surface area contributed by atoms with E-state index >= 15 is 0 Å². The first-order chi connectivity index (χ1) is 8.04. The van der Waals surface area contributed by atoms with Gasteiger partial charge in [-0.2, -0.15) is 0 Å². The van der Waals surface area contributed by atoms with Crippen LogP contribution in [0.4, 0.5) is 5.69 Å². The van der Waals surface area contributed by atoms with Crippen LogP contribution in [0.25, 0.3) is 0 Å². The van der Waals surface area contributed by atoms with E-state index in [1.807, 2.05) is 13.8 Å². The maximum absolute atomic E-state index is 11.9. The summed E-state index contributed by atoms with van der Waals surface area (Å²) in [4.78, 5) is 11.9. The Morgan fingerprint density at radius 3 is 2.82 bits per heavy atom. The first-order valence-electron chi connectivity index (χ1n) is 5.69. The Morgan fingerprint density at radius 2 is 2.18 bits per heavy atom. The van der Waals surface area contributed by atoms with Gasteiger partial charge >= 0.3 is 5.97 Å². The number of ether oxygens (including phenoxy) is 2. The fraction of sp³-hybridized carbons (Fsp3) is 0.462. The highest BCUT2D eigenvalue weighted by Crippen LogP contribution is 2.14. The molecule has 94 valence electrons. The smallest absolute Gasteiger partial charge is 0.338 e. The van der Waals surface area contributed by atoms with Crippen LogP contribution in [-0.4, -0.2) is 25.3 Å². The number of carbonyl (C=O) groups is 1. The summed E-state index contributed by atoms with van der Waals surface area (Å²) < 4.78 is 10.4. The summed E-state index contributed by atoms with van der Waals surface area (Å²) >= 11 is 0. The fourth-order valence-corrected chi connectivity index (χ4v) is 1.42. The molecule has 0 amide bonds. The molecule has 0 fully saturated rings. The summed E-state index contributed by atoms with van der Waals surface area (Å²) in [5, 5.41) is 0. The van der Waals surface area contributed by atoms with Gasteiger partial charge in [0.15, 0.2) is 0 Å². The van der Waals surface area contributed by atoms with Crippen LogP contribution in [0.2, 0.25) is 0 Å². The molecule has 0 aliphatic carbocycles. The summed E-state index contributed by atoms with van der Waals surface area (Å²) in [7, 11) is 0. The second-order valence-corrected chi connectivity index (χ2v) is 3.95. The molecule has 2 N–H and O–H groups in total. The van der Waals surface area contributed by atoms with Crippen molar-refractivity contribution in [2.75, 3.05) is 18.9 Å².